The third-order valence-electron chi connectivity index (χ3n) is 2.43. The van der Waals surface area contributed by atoms with Crippen LogP contribution in [0.5, 0.6) is 5.75 Å². The lowest BCUT2D eigenvalue weighted by molar-refractivity contribution is 0.0235. The van der Waals surface area contributed by atoms with Gasteiger partial charge in [-0.15, -0.1) is 0 Å². The number of aromatic hydroxyl groups is 1. The van der Waals surface area contributed by atoms with Crippen LogP contribution in [-0.4, -0.2) is 24.8 Å². The van der Waals surface area contributed by atoms with E-state index in [0.29, 0.717) is 19.7 Å². The summed E-state index contributed by atoms with van der Waals surface area (Å²) in [5, 5.41) is 12.7. The molecule has 16 heavy (non-hydrogen) atoms. The van der Waals surface area contributed by atoms with E-state index in [1.54, 1.807) is 0 Å². The Hall–Kier alpha value is -0.720. The lowest BCUT2D eigenvalue weighted by Crippen LogP contribution is -2.34. The number of morpholine rings is 1. The average molecular weight is 294 g/mol. The largest absolute Gasteiger partial charge is 0.506 e. The summed E-state index contributed by atoms with van der Waals surface area (Å²) < 4.78 is 32.2. The van der Waals surface area contributed by atoms with Gasteiger partial charge in [0.05, 0.1) is 16.6 Å². The van der Waals surface area contributed by atoms with E-state index in [0.717, 1.165) is 6.07 Å². The Balaban J connectivity index is 2.45. The summed E-state index contributed by atoms with van der Waals surface area (Å²) in [6, 6.07) is 0.893. The molecule has 1 unspecified atom stereocenters. The third kappa shape index (κ3) is 2.05. The molecule has 0 saturated carbocycles. The van der Waals surface area contributed by atoms with Gasteiger partial charge >= 0.3 is 0 Å². The molecule has 1 aromatic rings. The molecule has 2 N–H and O–H groups in total. The molecule has 88 valence electrons. The fourth-order valence-electron chi connectivity index (χ4n) is 1.65. The van der Waals surface area contributed by atoms with Crippen molar-refractivity contribution in [2.24, 2.45) is 0 Å². The maximum Gasteiger partial charge on any atom is 0.168 e. The standard InChI is InChI=1S/C10H10BrF2NO2/c11-5-3-6(12)9(13)8(10(5)15)7-4-14-1-2-16-7/h3,7,14-15H,1-2,4H2. The second-order valence-electron chi connectivity index (χ2n) is 3.48. The van der Waals surface area contributed by atoms with Crippen LogP contribution in [0.15, 0.2) is 10.5 Å². The predicted octanol–water partition coefficient (Wildman–Crippen LogP) is 2.09. The van der Waals surface area contributed by atoms with Gasteiger partial charge in [-0.05, 0) is 22.0 Å². The Bertz CT molecular complexity index is 382. The number of rotatable bonds is 1. The van der Waals surface area contributed by atoms with Crippen molar-refractivity contribution in [2.45, 2.75) is 6.10 Å². The first-order valence-corrected chi connectivity index (χ1v) is 5.59. The zero-order valence-corrected chi connectivity index (χ0v) is 9.85. The molecule has 1 heterocycles. The highest BCUT2D eigenvalue weighted by Crippen LogP contribution is 2.37. The Morgan fingerprint density at radius 3 is 2.88 bits per heavy atom. The first-order chi connectivity index (χ1) is 7.61. The fraction of sp³-hybridized carbons (Fsp3) is 0.400. The van der Waals surface area contributed by atoms with Crippen molar-refractivity contribution in [3.63, 3.8) is 0 Å². The molecule has 1 fully saturated rings. The predicted molar refractivity (Wildman–Crippen MR) is 57.3 cm³/mol. The van der Waals surface area contributed by atoms with Gasteiger partial charge in [0.15, 0.2) is 11.6 Å². The van der Waals surface area contributed by atoms with Crippen molar-refractivity contribution in [3.05, 3.63) is 27.7 Å². The molecule has 0 spiro atoms. The minimum absolute atomic E-state index is 0.121. The van der Waals surface area contributed by atoms with Crippen LogP contribution in [0.25, 0.3) is 0 Å². The number of halogens is 3. The smallest absolute Gasteiger partial charge is 0.168 e. The second-order valence-corrected chi connectivity index (χ2v) is 4.33. The zero-order chi connectivity index (χ0) is 11.7. The summed E-state index contributed by atoms with van der Waals surface area (Å²) in [6.45, 7) is 1.41. The minimum Gasteiger partial charge on any atom is -0.506 e. The van der Waals surface area contributed by atoms with Gasteiger partial charge in [0.25, 0.3) is 0 Å². The van der Waals surface area contributed by atoms with Crippen LogP contribution in [0.2, 0.25) is 0 Å². The van der Waals surface area contributed by atoms with E-state index < -0.39 is 17.7 Å². The molecule has 0 aliphatic carbocycles. The normalized spacial score (nSPS) is 21.1. The summed E-state index contributed by atoms with van der Waals surface area (Å²) in [4.78, 5) is 0. The van der Waals surface area contributed by atoms with Crippen LogP contribution < -0.4 is 5.32 Å². The minimum atomic E-state index is -1.06. The maximum absolute atomic E-state index is 13.6. The van der Waals surface area contributed by atoms with E-state index >= 15 is 0 Å². The van der Waals surface area contributed by atoms with Crippen LogP contribution in [0.1, 0.15) is 11.7 Å². The second kappa shape index (κ2) is 4.65. The molecular weight excluding hydrogens is 284 g/mol. The van der Waals surface area contributed by atoms with Gasteiger partial charge in [-0.25, -0.2) is 8.78 Å². The van der Waals surface area contributed by atoms with Crippen molar-refractivity contribution in [1.29, 1.82) is 0 Å². The molecule has 1 atom stereocenters. The van der Waals surface area contributed by atoms with Crippen molar-refractivity contribution in [2.75, 3.05) is 19.7 Å². The average Bonchev–Trinajstić information content (AvgIpc) is 2.28. The summed E-state index contributed by atoms with van der Waals surface area (Å²) in [7, 11) is 0. The van der Waals surface area contributed by atoms with Crippen LogP contribution >= 0.6 is 15.9 Å². The molecule has 0 radical (unpaired) electrons. The van der Waals surface area contributed by atoms with E-state index in [1.165, 1.54) is 0 Å². The Kier molecular flexibility index (Phi) is 3.41. The van der Waals surface area contributed by atoms with Gasteiger partial charge in [-0.3, -0.25) is 0 Å². The number of phenolic OH excluding ortho intramolecular Hbond substituents is 1. The molecule has 0 amide bonds. The summed E-state index contributed by atoms with van der Waals surface area (Å²) in [6.07, 6.45) is -0.666. The quantitative estimate of drug-likeness (QED) is 0.779. The Morgan fingerprint density at radius 1 is 1.50 bits per heavy atom. The third-order valence-corrected chi connectivity index (χ3v) is 3.04. The summed E-state index contributed by atoms with van der Waals surface area (Å²) >= 11 is 2.97. The molecule has 1 aromatic carbocycles. The summed E-state index contributed by atoms with van der Waals surface area (Å²) in [5.41, 5.74) is -0.140. The number of hydrogen-bond acceptors (Lipinski definition) is 3. The van der Waals surface area contributed by atoms with Crippen LogP contribution in [0.3, 0.4) is 0 Å². The molecule has 3 nitrogen and oxygen atoms in total. The monoisotopic (exact) mass is 293 g/mol. The SMILES string of the molecule is Oc1c(Br)cc(F)c(F)c1C1CNCCO1. The van der Waals surface area contributed by atoms with E-state index in [1.807, 2.05) is 0 Å². The maximum atomic E-state index is 13.6. The van der Waals surface area contributed by atoms with Crippen molar-refractivity contribution >= 4 is 15.9 Å². The Labute approximate surface area is 99.5 Å². The van der Waals surface area contributed by atoms with Crippen molar-refractivity contribution in [3.8, 4) is 5.75 Å². The number of nitrogens with one attached hydrogen (secondary N) is 1. The van der Waals surface area contributed by atoms with E-state index in [9.17, 15) is 13.9 Å². The highest BCUT2D eigenvalue weighted by atomic mass is 79.9. The first-order valence-electron chi connectivity index (χ1n) is 4.80. The number of ether oxygens (including phenoxy) is 1. The van der Waals surface area contributed by atoms with Gasteiger partial charge in [0.1, 0.15) is 11.9 Å². The molecule has 0 aromatic heterocycles. The van der Waals surface area contributed by atoms with Crippen LogP contribution in [-0.2, 0) is 4.74 Å². The van der Waals surface area contributed by atoms with Gasteiger partial charge in [0.2, 0.25) is 0 Å². The van der Waals surface area contributed by atoms with Gasteiger partial charge in [0, 0.05) is 13.1 Å². The highest BCUT2D eigenvalue weighted by molar-refractivity contribution is 9.10. The first kappa shape index (κ1) is 11.8. The molecule has 1 aliphatic heterocycles. The number of hydrogen-bond donors (Lipinski definition) is 2. The van der Waals surface area contributed by atoms with Crippen LogP contribution in [0, 0.1) is 11.6 Å². The highest BCUT2D eigenvalue weighted by Gasteiger charge is 2.26. The van der Waals surface area contributed by atoms with Gasteiger partial charge in [-0.2, -0.15) is 0 Å². The molecule has 6 heteroatoms. The lowest BCUT2D eigenvalue weighted by Gasteiger charge is -2.25. The molecular formula is C10H10BrF2NO2. The number of phenols is 1. The molecule has 0 bridgehead atoms. The Morgan fingerprint density at radius 2 is 2.25 bits per heavy atom. The van der Waals surface area contributed by atoms with E-state index in [4.69, 9.17) is 4.74 Å². The summed E-state index contributed by atoms with van der Waals surface area (Å²) in [5.74, 6) is -2.38. The van der Waals surface area contributed by atoms with Crippen LogP contribution in [0.4, 0.5) is 8.78 Å². The zero-order valence-electron chi connectivity index (χ0n) is 8.27. The van der Waals surface area contributed by atoms with E-state index in [-0.39, 0.29) is 15.8 Å². The van der Waals surface area contributed by atoms with Gasteiger partial charge < -0.3 is 15.2 Å². The molecule has 1 aliphatic rings. The molecule has 2 rings (SSSR count). The topological polar surface area (TPSA) is 41.5 Å². The van der Waals surface area contributed by atoms with Gasteiger partial charge in [-0.1, -0.05) is 0 Å². The lowest BCUT2D eigenvalue weighted by atomic mass is 10.1. The van der Waals surface area contributed by atoms with E-state index in [2.05, 4.69) is 21.2 Å². The van der Waals surface area contributed by atoms with Crippen molar-refractivity contribution in [1.82, 2.24) is 5.32 Å². The fourth-order valence-corrected chi connectivity index (χ4v) is 2.06. The molecule has 1 saturated heterocycles. The van der Waals surface area contributed by atoms with Crippen molar-refractivity contribution < 1.29 is 18.6 Å². The number of benzene rings is 1.